The molecule has 0 aromatic heterocycles. The summed E-state index contributed by atoms with van der Waals surface area (Å²) in [5, 5.41) is 0.619. The van der Waals surface area contributed by atoms with E-state index in [0.717, 1.165) is 11.1 Å². The molecular formula is C18H14ClNOS2. The second-order valence-corrected chi connectivity index (χ2v) is 7.24. The van der Waals surface area contributed by atoms with Gasteiger partial charge in [0.05, 0.1) is 10.9 Å². The van der Waals surface area contributed by atoms with E-state index in [9.17, 15) is 4.79 Å². The minimum absolute atomic E-state index is 0.0729. The molecule has 1 heterocycles. The number of amides is 1. The fourth-order valence-corrected chi connectivity index (χ4v) is 4.03. The molecule has 0 aliphatic carbocycles. The Kier molecular flexibility index (Phi) is 4.85. The lowest BCUT2D eigenvalue weighted by Gasteiger charge is -2.23. The first-order valence-corrected chi connectivity index (χ1v) is 8.75. The van der Waals surface area contributed by atoms with Crippen molar-refractivity contribution in [3.63, 3.8) is 0 Å². The fraction of sp³-hybridized carbons (Fsp3) is 0.111. The van der Waals surface area contributed by atoms with Crippen LogP contribution in [0.1, 0.15) is 24.1 Å². The first-order chi connectivity index (χ1) is 11.1. The van der Waals surface area contributed by atoms with Gasteiger partial charge in [0.1, 0.15) is 4.32 Å². The zero-order chi connectivity index (χ0) is 16.4. The van der Waals surface area contributed by atoms with Crippen LogP contribution in [0.5, 0.6) is 0 Å². The van der Waals surface area contributed by atoms with E-state index in [2.05, 4.69) is 0 Å². The monoisotopic (exact) mass is 359 g/mol. The van der Waals surface area contributed by atoms with Gasteiger partial charge in [-0.2, -0.15) is 0 Å². The van der Waals surface area contributed by atoms with Crippen molar-refractivity contribution in [1.82, 2.24) is 4.90 Å². The van der Waals surface area contributed by atoms with Gasteiger partial charge in [-0.25, -0.2) is 0 Å². The van der Waals surface area contributed by atoms with Gasteiger partial charge in [0, 0.05) is 5.02 Å². The third-order valence-corrected chi connectivity index (χ3v) is 5.36. The molecule has 0 N–H and O–H groups in total. The van der Waals surface area contributed by atoms with Gasteiger partial charge in [-0.15, -0.1) is 0 Å². The van der Waals surface area contributed by atoms with Gasteiger partial charge in [-0.1, -0.05) is 84.1 Å². The molecule has 2 aromatic carbocycles. The van der Waals surface area contributed by atoms with Crippen molar-refractivity contribution in [2.45, 2.75) is 13.0 Å². The predicted octanol–water partition coefficient (Wildman–Crippen LogP) is 5.30. The van der Waals surface area contributed by atoms with Crippen LogP contribution in [0.3, 0.4) is 0 Å². The number of carbonyl (C=O) groups is 1. The quantitative estimate of drug-likeness (QED) is 0.547. The largest absolute Gasteiger partial charge is 0.286 e. The van der Waals surface area contributed by atoms with E-state index < -0.39 is 0 Å². The number of halogens is 1. The summed E-state index contributed by atoms with van der Waals surface area (Å²) in [5.74, 6) is -0.0729. The minimum atomic E-state index is -0.0964. The van der Waals surface area contributed by atoms with E-state index in [-0.39, 0.29) is 11.9 Å². The van der Waals surface area contributed by atoms with E-state index in [1.807, 2.05) is 55.5 Å². The van der Waals surface area contributed by atoms with E-state index >= 15 is 0 Å². The molecule has 23 heavy (non-hydrogen) atoms. The Morgan fingerprint density at radius 2 is 1.78 bits per heavy atom. The zero-order valence-electron chi connectivity index (χ0n) is 12.4. The molecule has 0 unspecified atom stereocenters. The van der Waals surface area contributed by atoms with Crippen molar-refractivity contribution < 1.29 is 4.79 Å². The molecule has 0 bridgehead atoms. The molecule has 2 nitrogen and oxygen atoms in total. The summed E-state index contributed by atoms with van der Waals surface area (Å²) < 4.78 is 0.574. The number of thioether (sulfide) groups is 1. The highest BCUT2D eigenvalue weighted by molar-refractivity contribution is 8.26. The summed E-state index contributed by atoms with van der Waals surface area (Å²) in [5.41, 5.74) is 1.88. The van der Waals surface area contributed by atoms with Crippen molar-refractivity contribution in [2.75, 3.05) is 0 Å². The molecule has 5 heteroatoms. The summed E-state index contributed by atoms with van der Waals surface area (Å²) in [7, 11) is 0. The Morgan fingerprint density at radius 3 is 2.48 bits per heavy atom. The zero-order valence-corrected chi connectivity index (χ0v) is 14.8. The second kappa shape index (κ2) is 6.87. The Morgan fingerprint density at radius 1 is 1.13 bits per heavy atom. The lowest BCUT2D eigenvalue weighted by Crippen LogP contribution is -2.30. The summed E-state index contributed by atoms with van der Waals surface area (Å²) >= 11 is 12.9. The van der Waals surface area contributed by atoms with Crippen LogP contribution in [-0.2, 0) is 4.79 Å². The molecule has 1 atom stereocenters. The maximum absolute atomic E-state index is 12.8. The number of nitrogens with zero attached hydrogens (tertiary/aromatic N) is 1. The lowest BCUT2D eigenvalue weighted by atomic mass is 10.1. The van der Waals surface area contributed by atoms with E-state index in [1.54, 1.807) is 17.0 Å². The maximum atomic E-state index is 12.8. The molecule has 1 amide bonds. The number of rotatable bonds is 3. The molecule has 3 rings (SSSR count). The van der Waals surface area contributed by atoms with Crippen molar-refractivity contribution in [2.24, 2.45) is 0 Å². The predicted molar refractivity (Wildman–Crippen MR) is 101 cm³/mol. The van der Waals surface area contributed by atoms with Gasteiger partial charge in [0.2, 0.25) is 0 Å². The highest BCUT2D eigenvalue weighted by Gasteiger charge is 2.35. The number of hydrogen-bond donors (Lipinski definition) is 0. The Bertz CT molecular complexity index is 789. The third-order valence-electron chi connectivity index (χ3n) is 3.68. The lowest BCUT2D eigenvalue weighted by molar-refractivity contribution is -0.123. The van der Waals surface area contributed by atoms with Crippen LogP contribution in [0.2, 0.25) is 5.02 Å². The second-order valence-electron chi connectivity index (χ2n) is 5.16. The van der Waals surface area contributed by atoms with Gasteiger partial charge in [0.25, 0.3) is 5.91 Å². The summed E-state index contributed by atoms with van der Waals surface area (Å²) in [6, 6.07) is 17.2. The number of carbonyl (C=O) groups excluding carboxylic acids is 1. The van der Waals surface area contributed by atoms with Gasteiger partial charge in [0.15, 0.2) is 0 Å². The maximum Gasteiger partial charge on any atom is 0.266 e. The van der Waals surface area contributed by atoms with E-state index in [4.69, 9.17) is 23.8 Å². The summed E-state index contributed by atoms with van der Waals surface area (Å²) in [6.45, 7) is 1.98. The number of hydrogen-bond acceptors (Lipinski definition) is 3. The first kappa shape index (κ1) is 16.2. The number of thiocarbonyl (C=S) groups is 1. The third kappa shape index (κ3) is 3.34. The SMILES string of the molecule is C[C@@H](c1ccccc1)N1C(=O)/C(=C\c2ccccc2Cl)SC1=S. The van der Waals surface area contributed by atoms with Crippen LogP contribution in [-0.4, -0.2) is 15.1 Å². The van der Waals surface area contributed by atoms with Crippen molar-refractivity contribution >= 4 is 51.9 Å². The molecule has 0 spiro atoms. The van der Waals surface area contributed by atoms with E-state index in [1.165, 1.54) is 11.8 Å². The van der Waals surface area contributed by atoms with Crippen molar-refractivity contribution in [3.8, 4) is 0 Å². The molecule has 0 radical (unpaired) electrons. The standard InChI is InChI=1S/C18H14ClNOS2/c1-12(13-7-3-2-4-8-13)20-17(21)16(23-18(20)22)11-14-9-5-6-10-15(14)19/h2-12H,1H3/b16-11+/t12-/m0/s1. The normalized spacial score (nSPS) is 17.8. The van der Waals surface area contributed by atoms with Crippen LogP contribution in [0.25, 0.3) is 6.08 Å². The smallest absolute Gasteiger partial charge is 0.266 e. The average Bonchev–Trinajstić information content (AvgIpc) is 2.84. The van der Waals surface area contributed by atoms with Crippen LogP contribution in [0.15, 0.2) is 59.5 Å². The van der Waals surface area contributed by atoms with Crippen LogP contribution < -0.4 is 0 Å². The molecular weight excluding hydrogens is 346 g/mol. The molecule has 1 saturated heterocycles. The van der Waals surface area contributed by atoms with Crippen LogP contribution in [0.4, 0.5) is 0 Å². The molecule has 1 fully saturated rings. The van der Waals surface area contributed by atoms with Gasteiger partial charge in [-0.05, 0) is 30.2 Å². The first-order valence-electron chi connectivity index (χ1n) is 7.14. The van der Waals surface area contributed by atoms with Crippen molar-refractivity contribution in [3.05, 3.63) is 75.7 Å². The molecule has 0 saturated carbocycles. The Hall–Kier alpha value is -1.62. The van der Waals surface area contributed by atoms with Crippen LogP contribution in [0, 0.1) is 0 Å². The number of benzene rings is 2. The highest BCUT2D eigenvalue weighted by Crippen LogP contribution is 2.38. The van der Waals surface area contributed by atoms with Gasteiger partial charge in [-0.3, -0.25) is 9.69 Å². The Labute approximate surface area is 150 Å². The minimum Gasteiger partial charge on any atom is -0.286 e. The average molecular weight is 360 g/mol. The van der Waals surface area contributed by atoms with Crippen LogP contribution >= 0.6 is 35.6 Å². The van der Waals surface area contributed by atoms with Gasteiger partial charge >= 0.3 is 0 Å². The van der Waals surface area contributed by atoms with Crippen molar-refractivity contribution in [1.29, 1.82) is 0 Å². The molecule has 2 aromatic rings. The summed E-state index contributed by atoms with van der Waals surface area (Å²) in [4.78, 5) is 15.0. The topological polar surface area (TPSA) is 20.3 Å². The summed E-state index contributed by atoms with van der Waals surface area (Å²) in [6.07, 6.45) is 1.80. The fourth-order valence-electron chi connectivity index (χ4n) is 2.43. The molecule has 1 aliphatic rings. The van der Waals surface area contributed by atoms with Gasteiger partial charge < -0.3 is 0 Å². The molecule has 1 aliphatic heterocycles. The highest BCUT2D eigenvalue weighted by atomic mass is 35.5. The molecule has 116 valence electrons. The van der Waals surface area contributed by atoms with E-state index in [0.29, 0.717) is 14.2 Å². The Balaban J connectivity index is 1.90.